The highest BCUT2D eigenvalue weighted by atomic mass is 32.2. The van der Waals surface area contributed by atoms with Crippen molar-refractivity contribution in [3.8, 4) is 0 Å². The van der Waals surface area contributed by atoms with Gasteiger partial charge in [-0.2, -0.15) is 0 Å². The average Bonchev–Trinajstić information content (AvgIpc) is 3.04. The van der Waals surface area contributed by atoms with Crippen LogP contribution in [-0.4, -0.2) is 28.3 Å². The molecule has 0 fully saturated rings. The Morgan fingerprint density at radius 2 is 2.20 bits per heavy atom. The van der Waals surface area contributed by atoms with E-state index in [1.807, 2.05) is 31.4 Å². The molecule has 0 aliphatic rings. The topological polar surface area (TPSA) is 104 Å². The number of amides is 2. The van der Waals surface area contributed by atoms with E-state index in [-0.39, 0.29) is 18.9 Å². The van der Waals surface area contributed by atoms with Gasteiger partial charge in [-0.25, -0.2) is 10.5 Å². The number of carbonyl (C=O) groups is 2. The largest absolute Gasteiger partial charge is 0.439 e. The number of aromatic nitrogens is 1. The van der Waals surface area contributed by atoms with Crippen LogP contribution in [0.1, 0.15) is 38.5 Å². The molecule has 1 aromatic heterocycles. The number of hydrogen-bond acceptors (Lipinski definition) is 6. The first kappa shape index (κ1) is 19.3. The highest BCUT2D eigenvalue weighted by Crippen LogP contribution is 2.22. The van der Waals surface area contributed by atoms with Gasteiger partial charge in [0.25, 0.3) is 0 Å². The molecular weight excluding hydrogens is 342 g/mol. The molecule has 8 heteroatoms. The van der Waals surface area contributed by atoms with Gasteiger partial charge < -0.3 is 9.73 Å². The summed E-state index contributed by atoms with van der Waals surface area (Å²) in [5.41, 5.74) is 3.00. The minimum absolute atomic E-state index is 0.0486. The Bertz CT molecular complexity index is 732. The second kappa shape index (κ2) is 9.43. The number of hydroxylamine groups is 1. The van der Waals surface area contributed by atoms with Crippen LogP contribution in [0.3, 0.4) is 0 Å². The van der Waals surface area contributed by atoms with Gasteiger partial charge in [0.15, 0.2) is 5.58 Å². The zero-order valence-corrected chi connectivity index (χ0v) is 15.2. The van der Waals surface area contributed by atoms with E-state index in [9.17, 15) is 9.59 Å². The fraction of sp³-hybridized carbons (Fsp3) is 0.471. The Labute approximate surface area is 150 Å². The molecule has 7 nitrogen and oxygen atoms in total. The van der Waals surface area contributed by atoms with E-state index < -0.39 is 11.8 Å². The Morgan fingerprint density at radius 3 is 2.88 bits per heavy atom. The number of thioether (sulfide) groups is 1. The van der Waals surface area contributed by atoms with E-state index in [1.54, 1.807) is 17.2 Å². The number of nitrogens with zero attached hydrogens (tertiary/aromatic N) is 1. The Kier molecular flexibility index (Phi) is 7.27. The summed E-state index contributed by atoms with van der Waals surface area (Å²) in [6, 6.07) is 5.74. The molecule has 25 heavy (non-hydrogen) atoms. The van der Waals surface area contributed by atoms with Crippen LogP contribution in [0.25, 0.3) is 11.1 Å². The molecule has 0 aliphatic carbocycles. The van der Waals surface area contributed by atoms with Gasteiger partial charge in [0, 0.05) is 17.2 Å². The number of hydrogen-bond donors (Lipinski definition) is 3. The van der Waals surface area contributed by atoms with Crippen LogP contribution in [0.5, 0.6) is 0 Å². The molecule has 3 N–H and O–H groups in total. The minimum Gasteiger partial charge on any atom is -0.439 e. The van der Waals surface area contributed by atoms with Gasteiger partial charge in [-0.05, 0) is 30.9 Å². The lowest BCUT2D eigenvalue weighted by molar-refractivity contribution is -0.135. The Morgan fingerprint density at radius 1 is 1.40 bits per heavy atom. The maximum absolute atomic E-state index is 12.3. The van der Waals surface area contributed by atoms with Gasteiger partial charge in [0.2, 0.25) is 17.7 Å². The number of unbranched alkanes of at least 4 members (excludes halogenated alkanes) is 1. The quantitative estimate of drug-likeness (QED) is 0.359. The van der Waals surface area contributed by atoms with Crippen LogP contribution in [-0.2, 0) is 16.1 Å². The van der Waals surface area contributed by atoms with Crippen molar-refractivity contribution in [1.29, 1.82) is 0 Å². The third kappa shape index (κ3) is 5.47. The summed E-state index contributed by atoms with van der Waals surface area (Å²) in [5, 5.41) is 11.4. The zero-order chi connectivity index (χ0) is 18.2. The van der Waals surface area contributed by atoms with E-state index in [0.29, 0.717) is 17.9 Å². The average molecular weight is 365 g/mol. The third-order valence-electron chi connectivity index (χ3n) is 3.89. The van der Waals surface area contributed by atoms with Gasteiger partial charge in [-0.15, -0.1) is 11.8 Å². The van der Waals surface area contributed by atoms with Gasteiger partial charge in [0.1, 0.15) is 5.52 Å². The number of fused-ring (bicyclic) bond motifs is 1. The van der Waals surface area contributed by atoms with E-state index >= 15 is 0 Å². The van der Waals surface area contributed by atoms with Crippen molar-refractivity contribution in [2.45, 2.75) is 44.0 Å². The first-order chi connectivity index (χ1) is 12.1. The van der Waals surface area contributed by atoms with Crippen LogP contribution >= 0.6 is 11.8 Å². The predicted octanol–water partition coefficient (Wildman–Crippen LogP) is 2.87. The smallest absolute Gasteiger partial charge is 0.244 e. The van der Waals surface area contributed by atoms with Crippen molar-refractivity contribution in [3.05, 3.63) is 24.1 Å². The second-order valence-electron chi connectivity index (χ2n) is 5.74. The van der Waals surface area contributed by atoms with Gasteiger partial charge in [-0.3, -0.25) is 14.8 Å². The summed E-state index contributed by atoms with van der Waals surface area (Å²) in [7, 11) is 0. The molecule has 0 saturated carbocycles. The van der Waals surface area contributed by atoms with Crippen LogP contribution in [0.4, 0.5) is 0 Å². The third-order valence-corrected chi connectivity index (χ3v) is 4.61. The molecule has 136 valence electrons. The highest BCUT2D eigenvalue weighted by molar-refractivity contribution is 7.98. The molecule has 0 saturated heterocycles. The van der Waals surface area contributed by atoms with Crippen molar-refractivity contribution in [3.63, 3.8) is 0 Å². The number of rotatable bonds is 9. The lowest BCUT2D eigenvalue weighted by atomic mass is 9.97. The van der Waals surface area contributed by atoms with Crippen molar-refractivity contribution >= 4 is 34.7 Å². The van der Waals surface area contributed by atoms with Gasteiger partial charge >= 0.3 is 0 Å². The monoisotopic (exact) mass is 365 g/mol. The van der Waals surface area contributed by atoms with Crippen LogP contribution in [0.15, 0.2) is 27.5 Å². The fourth-order valence-corrected chi connectivity index (χ4v) is 2.94. The SMILES string of the molecule is CCCC[C@H](CC(=O)NO)C(=O)NCc1nc2cc(SC)ccc2o1. The first-order valence-corrected chi connectivity index (χ1v) is 9.44. The summed E-state index contributed by atoms with van der Waals surface area (Å²) >= 11 is 1.62. The van der Waals surface area contributed by atoms with Crippen molar-refractivity contribution in [2.75, 3.05) is 6.26 Å². The van der Waals surface area contributed by atoms with Crippen LogP contribution < -0.4 is 10.8 Å². The standard InChI is InChI=1S/C17H23N3O4S/c1-3-4-5-11(8-15(21)20-23)17(22)18-10-16-19-13-9-12(25-2)6-7-14(13)24-16/h6-7,9,11,23H,3-5,8,10H2,1-2H3,(H,18,22)(H,20,21)/t11-/m1/s1. The summed E-state index contributed by atoms with van der Waals surface area (Å²) in [4.78, 5) is 29.2. The summed E-state index contributed by atoms with van der Waals surface area (Å²) < 4.78 is 5.63. The maximum atomic E-state index is 12.3. The second-order valence-corrected chi connectivity index (χ2v) is 6.62. The van der Waals surface area contributed by atoms with Crippen molar-refractivity contribution in [1.82, 2.24) is 15.8 Å². The van der Waals surface area contributed by atoms with Crippen molar-refractivity contribution < 1.29 is 19.2 Å². The molecule has 1 atom stereocenters. The molecule has 2 rings (SSSR count). The number of carbonyl (C=O) groups excluding carboxylic acids is 2. The zero-order valence-electron chi connectivity index (χ0n) is 14.4. The lowest BCUT2D eigenvalue weighted by Gasteiger charge is -2.14. The van der Waals surface area contributed by atoms with E-state index in [4.69, 9.17) is 9.62 Å². The molecule has 0 unspecified atom stereocenters. The predicted molar refractivity (Wildman–Crippen MR) is 95.2 cm³/mol. The molecular formula is C17H23N3O4S. The maximum Gasteiger partial charge on any atom is 0.244 e. The molecule has 1 heterocycles. The van der Waals surface area contributed by atoms with E-state index in [0.717, 1.165) is 23.3 Å². The molecule has 0 spiro atoms. The molecule has 1 aromatic carbocycles. The van der Waals surface area contributed by atoms with Gasteiger partial charge in [0.05, 0.1) is 6.54 Å². The molecule has 2 aromatic rings. The number of benzene rings is 1. The number of oxazole rings is 1. The van der Waals surface area contributed by atoms with Gasteiger partial charge in [-0.1, -0.05) is 19.8 Å². The molecule has 0 bridgehead atoms. The molecule has 2 amide bonds. The number of nitrogens with one attached hydrogen (secondary N) is 2. The van der Waals surface area contributed by atoms with E-state index in [1.165, 1.54) is 0 Å². The Hall–Kier alpha value is -2.06. The molecule has 0 radical (unpaired) electrons. The van der Waals surface area contributed by atoms with Crippen LogP contribution in [0, 0.1) is 5.92 Å². The summed E-state index contributed by atoms with van der Waals surface area (Å²) in [6.07, 6.45) is 4.28. The Balaban J connectivity index is 1.99. The lowest BCUT2D eigenvalue weighted by Crippen LogP contribution is -2.34. The summed E-state index contributed by atoms with van der Waals surface area (Å²) in [5.74, 6) is -0.881. The molecule has 0 aliphatic heterocycles. The minimum atomic E-state index is -0.567. The first-order valence-electron chi connectivity index (χ1n) is 8.21. The van der Waals surface area contributed by atoms with Crippen LogP contribution in [0.2, 0.25) is 0 Å². The summed E-state index contributed by atoms with van der Waals surface area (Å²) in [6.45, 7) is 2.17. The highest BCUT2D eigenvalue weighted by Gasteiger charge is 2.21. The van der Waals surface area contributed by atoms with E-state index in [2.05, 4.69) is 10.3 Å². The van der Waals surface area contributed by atoms with Crippen molar-refractivity contribution in [2.24, 2.45) is 5.92 Å². The normalized spacial score (nSPS) is 12.1. The fourth-order valence-electron chi connectivity index (χ4n) is 2.51.